The lowest BCUT2D eigenvalue weighted by Crippen LogP contribution is -2.38. The Morgan fingerprint density at radius 3 is 2.79 bits per heavy atom. The van der Waals surface area contributed by atoms with Gasteiger partial charge in [-0.3, -0.25) is 19.3 Å². The van der Waals surface area contributed by atoms with Gasteiger partial charge in [0.05, 0.1) is 5.69 Å². The van der Waals surface area contributed by atoms with Crippen molar-refractivity contribution in [2.75, 3.05) is 24.7 Å². The van der Waals surface area contributed by atoms with Crippen LogP contribution in [0.3, 0.4) is 0 Å². The van der Waals surface area contributed by atoms with Gasteiger partial charge in [-0.15, -0.1) is 0 Å². The number of ketones is 1. The van der Waals surface area contributed by atoms with E-state index in [4.69, 9.17) is 13.9 Å². The maximum atomic E-state index is 13.7. The zero-order valence-electron chi connectivity index (χ0n) is 18.0. The maximum absolute atomic E-state index is 13.7. The maximum Gasteiger partial charge on any atom is 0.273 e. The first-order valence-corrected chi connectivity index (χ1v) is 10.3. The molecule has 0 fully saturated rings. The minimum absolute atomic E-state index is 0.0758. The molecule has 2 heterocycles. The molecule has 34 heavy (non-hydrogen) atoms. The van der Waals surface area contributed by atoms with Crippen molar-refractivity contribution < 1.29 is 37.1 Å². The number of anilines is 1. The van der Waals surface area contributed by atoms with Gasteiger partial charge in [-0.2, -0.15) is 0 Å². The molecule has 0 atom stereocenters. The molecule has 4 rings (SSSR count). The predicted molar refractivity (Wildman–Crippen MR) is 114 cm³/mol. The lowest BCUT2D eigenvalue weighted by molar-refractivity contribution is -0.121. The fraction of sp³-hybridized carbons (Fsp3) is 0.217. The van der Waals surface area contributed by atoms with Crippen molar-refractivity contribution in [2.24, 2.45) is 0 Å². The number of carbonyl (C=O) groups excluding carboxylic acids is 3. The van der Waals surface area contributed by atoms with E-state index < -0.39 is 35.8 Å². The first-order valence-electron chi connectivity index (χ1n) is 10.3. The molecular weight excluding hydrogens is 452 g/mol. The smallest absolute Gasteiger partial charge is 0.273 e. The summed E-state index contributed by atoms with van der Waals surface area (Å²) in [4.78, 5) is 42.5. The number of fused-ring (bicyclic) bond motifs is 1. The Morgan fingerprint density at radius 1 is 1.21 bits per heavy atom. The summed E-state index contributed by atoms with van der Waals surface area (Å²) in [5.41, 5.74) is 0.555. The minimum Gasteiger partial charge on any atom is -0.482 e. The van der Waals surface area contributed by atoms with E-state index in [-0.39, 0.29) is 36.0 Å². The van der Waals surface area contributed by atoms with Crippen LogP contribution >= 0.6 is 0 Å². The number of carbonyl (C=O) groups is 3. The third-order valence-electron chi connectivity index (χ3n) is 4.89. The molecule has 0 bridgehead atoms. The van der Waals surface area contributed by atoms with Crippen molar-refractivity contribution in [3.8, 4) is 11.5 Å². The Bertz CT molecular complexity index is 1260. The number of rotatable bonds is 8. The molecule has 176 valence electrons. The van der Waals surface area contributed by atoms with E-state index in [2.05, 4.69) is 10.3 Å². The number of Topliss-reactive ketones (excluding diaryl/α,β-unsaturated/α-hetero) is 1. The van der Waals surface area contributed by atoms with E-state index in [0.29, 0.717) is 24.0 Å². The van der Waals surface area contributed by atoms with Crippen LogP contribution in [0.25, 0.3) is 0 Å². The van der Waals surface area contributed by atoms with E-state index in [9.17, 15) is 23.2 Å². The Balaban J connectivity index is 1.51. The fourth-order valence-corrected chi connectivity index (χ4v) is 3.24. The number of hydrogen-bond donors (Lipinski definition) is 1. The summed E-state index contributed by atoms with van der Waals surface area (Å²) in [5, 5.41) is 2.60. The molecule has 0 radical (unpaired) electrons. The van der Waals surface area contributed by atoms with E-state index in [1.54, 1.807) is 6.92 Å². The van der Waals surface area contributed by atoms with Gasteiger partial charge in [0, 0.05) is 18.2 Å². The number of nitrogens with zero attached hydrogens (tertiary/aromatic N) is 2. The molecule has 11 heteroatoms. The van der Waals surface area contributed by atoms with Gasteiger partial charge < -0.3 is 19.2 Å². The Hall–Kier alpha value is -4.28. The third kappa shape index (κ3) is 4.87. The van der Waals surface area contributed by atoms with Gasteiger partial charge in [0.2, 0.25) is 5.89 Å². The second kappa shape index (κ2) is 9.69. The summed E-state index contributed by atoms with van der Waals surface area (Å²) < 4.78 is 42.7. The summed E-state index contributed by atoms with van der Waals surface area (Å²) >= 11 is 0. The largest absolute Gasteiger partial charge is 0.482 e. The van der Waals surface area contributed by atoms with Crippen LogP contribution in [0.5, 0.6) is 11.5 Å². The van der Waals surface area contributed by atoms with Crippen LogP contribution in [0.1, 0.15) is 33.7 Å². The molecule has 0 aliphatic carbocycles. The average molecular weight is 471 g/mol. The van der Waals surface area contributed by atoms with Gasteiger partial charge in [-0.1, -0.05) is 0 Å². The second-order valence-electron chi connectivity index (χ2n) is 7.22. The number of oxazole rings is 1. The van der Waals surface area contributed by atoms with Gasteiger partial charge in [-0.05, 0) is 37.3 Å². The molecule has 0 saturated carbocycles. The Kier molecular flexibility index (Phi) is 6.53. The van der Waals surface area contributed by atoms with Crippen molar-refractivity contribution in [3.63, 3.8) is 0 Å². The van der Waals surface area contributed by atoms with Crippen LogP contribution < -0.4 is 19.7 Å². The highest BCUT2D eigenvalue weighted by Gasteiger charge is 2.28. The zero-order valence-corrected chi connectivity index (χ0v) is 18.0. The van der Waals surface area contributed by atoms with Gasteiger partial charge in [-0.25, -0.2) is 13.8 Å². The van der Waals surface area contributed by atoms with Crippen molar-refractivity contribution >= 4 is 23.3 Å². The van der Waals surface area contributed by atoms with Crippen LogP contribution in [0.2, 0.25) is 0 Å². The van der Waals surface area contributed by atoms with Crippen molar-refractivity contribution in [1.82, 2.24) is 10.3 Å². The SMILES string of the molecule is CCNC(=O)c1coc(CN2C(=O)COc3ccc(C(=O)COc4ccc(F)cc4F)cc32)n1. The zero-order chi connectivity index (χ0) is 24.2. The van der Waals surface area contributed by atoms with Gasteiger partial charge in [0.25, 0.3) is 11.8 Å². The molecule has 0 saturated heterocycles. The molecule has 3 aromatic rings. The van der Waals surface area contributed by atoms with E-state index >= 15 is 0 Å². The molecule has 0 spiro atoms. The normalized spacial score (nSPS) is 12.7. The molecule has 9 nitrogen and oxygen atoms in total. The van der Waals surface area contributed by atoms with E-state index in [0.717, 1.165) is 12.1 Å². The first-order chi connectivity index (χ1) is 16.4. The Labute approximate surface area is 192 Å². The highest BCUT2D eigenvalue weighted by atomic mass is 19.1. The monoisotopic (exact) mass is 471 g/mol. The molecule has 2 amide bonds. The molecule has 1 aliphatic heterocycles. The molecule has 2 aromatic carbocycles. The topological polar surface area (TPSA) is 111 Å². The first kappa shape index (κ1) is 22.9. The highest BCUT2D eigenvalue weighted by molar-refractivity contribution is 6.02. The van der Waals surface area contributed by atoms with Crippen LogP contribution in [0.4, 0.5) is 14.5 Å². The predicted octanol–water partition coefficient (Wildman–Crippen LogP) is 2.89. The minimum atomic E-state index is -0.929. The average Bonchev–Trinajstić information content (AvgIpc) is 3.29. The molecule has 1 aliphatic rings. The van der Waals surface area contributed by atoms with E-state index in [1.807, 2.05) is 0 Å². The molecule has 1 N–H and O–H groups in total. The summed E-state index contributed by atoms with van der Waals surface area (Å²) in [7, 11) is 0. The number of hydrogen-bond acceptors (Lipinski definition) is 7. The highest BCUT2D eigenvalue weighted by Crippen LogP contribution is 2.34. The second-order valence-corrected chi connectivity index (χ2v) is 7.22. The fourth-order valence-electron chi connectivity index (χ4n) is 3.24. The third-order valence-corrected chi connectivity index (χ3v) is 4.89. The standard InChI is InChI=1S/C23H19F2N3O6/c1-2-26-23(31)16-10-34-21(27-16)9-28-17-7-13(3-5-20(17)33-12-22(28)30)18(29)11-32-19-6-4-14(24)8-15(19)25/h3-8,10H,2,9,11-12H2,1H3,(H,26,31). The van der Waals surface area contributed by atoms with Crippen LogP contribution in [-0.2, 0) is 11.3 Å². The van der Waals surface area contributed by atoms with Crippen LogP contribution in [0, 0.1) is 11.6 Å². The number of aromatic nitrogens is 1. The Morgan fingerprint density at radius 2 is 2.03 bits per heavy atom. The summed E-state index contributed by atoms with van der Waals surface area (Å²) in [6.45, 7) is 1.36. The van der Waals surface area contributed by atoms with Crippen LogP contribution in [0.15, 0.2) is 47.1 Å². The van der Waals surface area contributed by atoms with Gasteiger partial charge in [0.1, 0.15) is 24.4 Å². The number of amides is 2. The lowest BCUT2D eigenvalue weighted by Gasteiger charge is -2.28. The molecule has 0 unspecified atom stereocenters. The van der Waals surface area contributed by atoms with Crippen molar-refractivity contribution in [1.29, 1.82) is 0 Å². The molecule has 1 aromatic heterocycles. The molecular formula is C23H19F2N3O6. The van der Waals surface area contributed by atoms with Gasteiger partial charge in [0.15, 0.2) is 36.3 Å². The van der Waals surface area contributed by atoms with Crippen LogP contribution in [-0.4, -0.2) is 42.3 Å². The number of benzene rings is 2. The van der Waals surface area contributed by atoms with E-state index in [1.165, 1.54) is 29.4 Å². The lowest BCUT2D eigenvalue weighted by atomic mass is 10.1. The van der Waals surface area contributed by atoms with Gasteiger partial charge >= 0.3 is 0 Å². The number of nitrogens with one attached hydrogen (secondary N) is 1. The summed E-state index contributed by atoms with van der Waals surface area (Å²) in [6.07, 6.45) is 1.19. The quantitative estimate of drug-likeness (QED) is 0.503. The number of halogens is 2. The summed E-state index contributed by atoms with van der Waals surface area (Å²) in [6, 6.07) is 7.20. The van der Waals surface area contributed by atoms with Crippen molar-refractivity contribution in [3.05, 3.63) is 71.4 Å². The number of ether oxygens (including phenoxy) is 2. The van der Waals surface area contributed by atoms with Crippen molar-refractivity contribution in [2.45, 2.75) is 13.5 Å². The summed E-state index contributed by atoms with van der Waals surface area (Å²) in [5.74, 6) is -2.79.